The summed E-state index contributed by atoms with van der Waals surface area (Å²) in [6.07, 6.45) is 0.513. The van der Waals surface area contributed by atoms with E-state index in [0.29, 0.717) is 6.42 Å². The number of phenols is 1. The van der Waals surface area contributed by atoms with E-state index in [1.165, 1.54) is 0 Å². The molecule has 0 spiro atoms. The summed E-state index contributed by atoms with van der Waals surface area (Å²) in [6, 6.07) is 0.202. The molecule has 1 rings (SSSR count). The SMILES string of the molecule is CCC(C)C(NC(=O)Nc1ccc(Cl)c(S(N)(=O)=O)c1O)C(=O)O. The normalized spacial score (nSPS) is 13.8. The number of phenolic OH excluding ortho intramolecular Hbond substituents is 1. The molecular weight excluding hydrogens is 362 g/mol. The van der Waals surface area contributed by atoms with Gasteiger partial charge in [0.25, 0.3) is 0 Å². The number of rotatable bonds is 6. The van der Waals surface area contributed by atoms with E-state index in [0.717, 1.165) is 12.1 Å². The summed E-state index contributed by atoms with van der Waals surface area (Å²) >= 11 is 5.68. The topological polar surface area (TPSA) is 159 Å². The van der Waals surface area contributed by atoms with Crippen molar-refractivity contribution in [3.05, 3.63) is 17.2 Å². The predicted molar refractivity (Wildman–Crippen MR) is 87.5 cm³/mol. The van der Waals surface area contributed by atoms with Crippen molar-refractivity contribution in [1.82, 2.24) is 5.32 Å². The molecule has 134 valence electrons. The van der Waals surface area contributed by atoms with Gasteiger partial charge in [-0.25, -0.2) is 23.1 Å². The third-order valence-electron chi connectivity index (χ3n) is 3.38. The van der Waals surface area contributed by atoms with Crippen LogP contribution in [0.3, 0.4) is 0 Å². The number of benzene rings is 1. The van der Waals surface area contributed by atoms with Crippen molar-refractivity contribution in [3.8, 4) is 5.75 Å². The van der Waals surface area contributed by atoms with Crippen LogP contribution < -0.4 is 15.8 Å². The Kier molecular flexibility index (Phi) is 6.41. The first kappa shape index (κ1) is 20.0. The van der Waals surface area contributed by atoms with E-state index < -0.39 is 38.7 Å². The van der Waals surface area contributed by atoms with Gasteiger partial charge in [0.05, 0.1) is 10.7 Å². The van der Waals surface area contributed by atoms with Gasteiger partial charge in [-0.1, -0.05) is 31.9 Å². The maximum Gasteiger partial charge on any atom is 0.326 e. The molecule has 2 unspecified atom stereocenters. The van der Waals surface area contributed by atoms with Crippen LogP contribution in [0.4, 0.5) is 10.5 Å². The molecular formula is C13H18ClN3O6S. The first-order valence-corrected chi connectivity index (χ1v) is 8.76. The Balaban J connectivity index is 3.06. The number of primary sulfonamides is 1. The lowest BCUT2D eigenvalue weighted by Gasteiger charge is -2.20. The van der Waals surface area contributed by atoms with Gasteiger partial charge in [-0.2, -0.15) is 0 Å². The van der Waals surface area contributed by atoms with E-state index in [2.05, 4.69) is 10.6 Å². The molecule has 24 heavy (non-hydrogen) atoms. The Hall–Kier alpha value is -2.04. The zero-order valence-electron chi connectivity index (χ0n) is 12.9. The number of aromatic hydroxyl groups is 1. The van der Waals surface area contributed by atoms with E-state index in [1.807, 2.05) is 0 Å². The van der Waals surface area contributed by atoms with Crippen molar-refractivity contribution in [3.63, 3.8) is 0 Å². The molecule has 0 aliphatic heterocycles. The molecule has 0 aliphatic rings. The fraction of sp³-hybridized carbons (Fsp3) is 0.385. The third-order valence-corrected chi connectivity index (χ3v) is 4.79. The minimum absolute atomic E-state index is 0.283. The number of nitrogens with one attached hydrogen (secondary N) is 2. The summed E-state index contributed by atoms with van der Waals surface area (Å²) in [6.45, 7) is 3.42. The van der Waals surface area contributed by atoms with Crippen LogP contribution in [0.1, 0.15) is 20.3 Å². The number of carboxylic acid groups (broad SMARTS) is 1. The van der Waals surface area contributed by atoms with Crippen molar-refractivity contribution in [2.45, 2.75) is 31.2 Å². The highest BCUT2D eigenvalue weighted by molar-refractivity contribution is 7.89. The molecule has 0 aliphatic carbocycles. The number of carboxylic acids is 1. The van der Waals surface area contributed by atoms with Gasteiger partial charge in [0.15, 0.2) is 5.75 Å². The predicted octanol–water partition coefficient (Wildman–Crippen LogP) is 1.31. The molecule has 0 bridgehead atoms. The Bertz CT molecular complexity index is 752. The number of sulfonamides is 1. The quantitative estimate of drug-likeness (QED) is 0.468. The molecule has 2 amide bonds. The molecule has 0 heterocycles. The van der Waals surface area contributed by atoms with Crippen LogP contribution in [0.25, 0.3) is 0 Å². The van der Waals surface area contributed by atoms with Gasteiger partial charge in [-0.3, -0.25) is 0 Å². The Morgan fingerprint density at radius 3 is 2.42 bits per heavy atom. The van der Waals surface area contributed by atoms with Gasteiger partial charge >= 0.3 is 12.0 Å². The molecule has 0 radical (unpaired) electrons. The smallest absolute Gasteiger partial charge is 0.326 e. The summed E-state index contributed by atoms with van der Waals surface area (Å²) < 4.78 is 22.9. The number of hydrogen-bond acceptors (Lipinski definition) is 5. The van der Waals surface area contributed by atoms with Crippen molar-refractivity contribution in [2.24, 2.45) is 11.1 Å². The first-order valence-electron chi connectivity index (χ1n) is 6.83. The minimum atomic E-state index is -4.32. The Labute approximate surface area is 143 Å². The van der Waals surface area contributed by atoms with Gasteiger partial charge in [0.1, 0.15) is 10.9 Å². The molecule has 11 heteroatoms. The van der Waals surface area contributed by atoms with Crippen LogP contribution in [-0.4, -0.2) is 36.7 Å². The monoisotopic (exact) mass is 379 g/mol. The number of carbonyl (C=O) groups is 2. The number of urea groups is 1. The van der Waals surface area contributed by atoms with Gasteiger partial charge in [-0.05, 0) is 18.1 Å². The number of halogens is 1. The van der Waals surface area contributed by atoms with Crippen molar-refractivity contribution < 1.29 is 28.2 Å². The zero-order chi connectivity index (χ0) is 18.7. The van der Waals surface area contributed by atoms with Crippen LogP contribution in [0, 0.1) is 5.92 Å². The maximum atomic E-state index is 11.9. The summed E-state index contributed by atoms with van der Waals surface area (Å²) in [5.41, 5.74) is -0.283. The number of anilines is 1. The van der Waals surface area contributed by atoms with Crippen molar-refractivity contribution >= 4 is 39.3 Å². The highest BCUT2D eigenvalue weighted by atomic mass is 35.5. The lowest BCUT2D eigenvalue weighted by molar-refractivity contribution is -0.140. The van der Waals surface area contributed by atoms with E-state index in [4.69, 9.17) is 21.8 Å². The lowest BCUT2D eigenvalue weighted by atomic mass is 9.99. The average Bonchev–Trinajstić information content (AvgIpc) is 2.45. The van der Waals surface area contributed by atoms with Crippen molar-refractivity contribution in [2.75, 3.05) is 5.32 Å². The molecule has 0 aromatic heterocycles. The van der Waals surface area contributed by atoms with Gasteiger partial charge < -0.3 is 20.8 Å². The maximum absolute atomic E-state index is 11.9. The molecule has 0 fully saturated rings. The van der Waals surface area contributed by atoms with Crippen molar-refractivity contribution in [1.29, 1.82) is 0 Å². The summed E-state index contributed by atoms with van der Waals surface area (Å²) in [5, 5.41) is 28.1. The second kappa shape index (κ2) is 7.69. The summed E-state index contributed by atoms with van der Waals surface area (Å²) in [5.74, 6) is -2.40. The van der Waals surface area contributed by atoms with Gasteiger partial charge in [-0.15, -0.1) is 0 Å². The van der Waals surface area contributed by atoms with Crippen LogP contribution >= 0.6 is 11.6 Å². The summed E-state index contributed by atoms with van der Waals surface area (Å²) in [7, 11) is -4.32. The van der Waals surface area contributed by atoms with Crippen LogP contribution in [0.5, 0.6) is 5.75 Å². The minimum Gasteiger partial charge on any atom is -0.504 e. The van der Waals surface area contributed by atoms with E-state index in [-0.39, 0.29) is 16.6 Å². The first-order chi connectivity index (χ1) is 11.0. The number of carbonyl (C=O) groups excluding carboxylic acids is 1. The second-order valence-electron chi connectivity index (χ2n) is 5.12. The molecule has 6 N–H and O–H groups in total. The average molecular weight is 380 g/mol. The third kappa shape index (κ3) is 4.73. The van der Waals surface area contributed by atoms with E-state index in [1.54, 1.807) is 13.8 Å². The number of aliphatic carboxylic acids is 1. The summed E-state index contributed by atoms with van der Waals surface area (Å²) in [4.78, 5) is 22.4. The fourth-order valence-corrected chi connectivity index (χ4v) is 3.10. The highest BCUT2D eigenvalue weighted by Gasteiger charge is 2.26. The Morgan fingerprint density at radius 1 is 1.38 bits per heavy atom. The number of nitrogens with two attached hydrogens (primary N) is 1. The molecule has 9 nitrogen and oxygen atoms in total. The van der Waals surface area contributed by atoms with E-state index >= 15 is 0 Å². The number of hydrogen-bond donors (Lipinski definition) is 5. The van der Waals surface area contributed by atoms with Crippen LogP contribution in [0.2, 0.25) is 5.02 Å². The fourth-order valence-electron chi connectivity index (χ4n) is 1.90. The van der Waals surface area contributed by atoms with Gasteiger partial charge in [0, 0.05) is 0 Å². The standard InChI is InChI=1S/C13H18ClN3O6S/c1-3-6(2)9(12(19)20)17-13(21)16-8-5-4-7(14)11(10(8)18)24(15,22)23/h4-6,9,18H,3H2,1-2H3,(H,19,20)(H2,15,22,23)(H2,16,17,21). The molecule has 1 aromatic carbocycles. The molecule has 0 saturated carbocycles. The Morgan fingerprint density at radius 2 is 1.96 bits per heavy atom. The molecule has 0 saturated heterocycles. The zero-order valence-corrected chi connectivity index (χ0v) is 14.5. The largest absolute Gasteiger partial charge is 0.504 e. The molecule has 2 atom stereocenters. The van der Waals surface area contributed by atoms with Gasteiger partial charge in [0.2, 0.25) is 10.0 Å². The van der Waals surface area contributed by atoms with Crippen LogP contribution in [0.15, 0.2) is 17.0 Å². The van der Waals surface area contributed by atoms with E-state index in [9.17, 15) is 23.1 Å². The second-order valence-corrected chi connectivity index (χ2v) is 7.02. The highest BCUT2D eigenvalue weighted by Crippen LogP contribution is 2.35. The number of amides is 2. The molecule has 1 aromatic rings. The lowest BCUT2D eigenvalue weighted by Crippen LogP contribution is -2.46. The van der Waals surface area contributed by atoms with Crippen LogP contribution in [-0.2, 0) is 14.8 Å².